The van der Waals surface area contributed by atoms with E-state index in [1.807, 2.05) is 6.92 Å². The Morgan fingerprint density at radius 1 is 1.07 bits per heavy atom. The van der Waals surface area contributed by atoms with E-state index in [4.69, 9.17) is 24.7 Å². The van der Waals surface area contributed by atoms with Gasteiger partial charge in [-0.15, -0.1) is 0 Å². The van der Waals surface area contributed by atoms with Crippen LogP contribution in [0.25, 0.3) is 0 Å². The average Bonchev–Trinajstić information content (AvgIpc) is 3.50. The molecule has 0 aromatic heterocycles. The minimum atomic E-state index is -0.965. The Balaban J connectivity index is 1.13. The van der Waals surface area contributed by atoms with Crippen LogP contribution in [-0.2, 0) is 28.5 Å². The first-order chi connectivity index (χ1) is 19.6. The number of fused-ring (bicyclic) bond motifs is 5. The summed E-state index contributed by atoms with van der Waals surface area (Å²) in [4.78, 5) is 24.1. The van der Waals surface area contributed by atoms with Gasteiger partial charge in [0.1, 0.15) is 13.2 Å². The summed E-state index contributed by atoms with van der Waals surface area (Å²) in [5.74, 6) is 0.286. The van der Waals surface area contributed by atoms with Gasteiger partial charge in [-0.05, 0) is 86.0 Å². The highest BCUT2D eigenvalue weighted by atomic mass is 16.5. The molecule has 4 saturated carbocycles. The number of rotatable bonds is 12. The van der Waals surface area contributed by atoms with Gasteiger partial charge in [0.25, 0.3) is 0 Å². The molecule has 10 heteroatoms. The summed E-state index contributed by atoms with van der Waals surface area (Å²) in [6.07, 6.45) is 7.73. The van der Waals surface area contributed by atoms with Crippen LogP contribution in [-0.4, -0.2) is 92.6 Å². The van der Waals surface area contributed by atoms with Gasteiger partial charge >= 0.3 is 5.97 Å². The van der Waals surface area contributed by atoms with E-state index >= 15 is 0 Å². The van der Waals surface area contributed by atoms with Crippen molar-refractivity contribution in [3.63, 3.8) is 0 Å². The molecule has 0 saturated heterocycles. The molecule has 232 valence electrons. The zero-order valence-electron chi connectivity index (χ0n) is 24.8. The van der Waals surface area contributed by atoms with E-state index in [-0.39, 0.29) is 54.4 Å². The fourth-order valence-corrected chi connectivity index (χ4v) is 9.41. The van der Waals surface area contributed by atoms with E-state index in [1.165, 1.54) is 0 Å². The SMILES string of the molecule is C[C@]12CC[C@H](OCC(=O)NCCOCCOCCN)C[C@H]1CCC1[C@H]2C[C@@H](O)[C@]2(C)[C@@H](C3=CC(=O)OC3)CC[C@]12O. The highest BCUT2D eigenvalue weighted by Gasteiger charge is 2.70. The molecule has 1 aliphatic heterocycles. The monoisotopic (exact) mass is 578 g/mol. The van der Waals surface area contributed by atoms with Crippen LogP contribution >= 0.6 is 0 Å². The van der Waals surface area contributed by atoms with Crippen molar-refractivity contribution in [2.75, 3.05) is 52.7 Å². The second-order valence-corrected chi connectivity index (χ2v) is 13.4. The third-order valence-electron chi connectivity index (χ3n) is 11.7. The smallest absolute Gasteiger partial charge is 0.331 e. The van der Waals surface area contributed by atoms with E-state index in [2.05, 4.69) is 12.2 Å². The molecule has 4 fully saturated rings. The zero-order valence-corrected chi connectivity index (χ0v) is 24.8. The van der Waals surface area contributed by atoms with E-state index in [1.54, 1.807) is 6.08 Å². The van der Waals surface area contributed by atoms with Crippen molar-refractivity contribution in [3.05, 3.63) is 11.6 Å². The van der Waals surface area contributed by atoms with Gasteiger partial charge in [-0.3, -0.25) is 4.79 Å². The van der Waals surface area contributed by atoms with Gasteiger partial charge in [-0.1, -0.05) is 13.8 Å². The van der Waals surface area contributed by atoms with Crippen LogP contribution in [0.2, 0.25) is 0 Å². The topological polar surface area (TPSA) is 150 Å². The average molecular weight is 579 g/mol. The lowest BCUT2D eigenvalue weighted by Gasteiger charge is -2.65. The van der Waals surface area contributed by atoms with Gasteiger partial charge in [-0.2, -0.15) is 0 Å². The van der Waals surface area contributed by atoms with Crippen molar-refractivity contribution in [2.45, 2.75) is 83.0 Å². The van der Waals surface area contributed by atoms with Crippen molar-refractivity contribution in [3.8, 4) is 0 Å². The lowest BCUT2D eigenvalue weighted by atomic mass is 9.42. The lowest BCUT2D eigenvalue weighted by Crippen LogP contribution is -2.67. The second-order valence-electron chi connectivity index (χ2n) is 13.4. The quantitative estimate of drug-likeness (QED) is 0.201. The van der Waals surface area contributed by atoms with Gasteiger partial charge in [-0.25, -0.2) is 4.79 Å². The Bertz CT molecular complexity index is 991. The summed E-state index contributed by atoms with van der Waals surface area (Å²) in [7, 11) is 0. The number of carbonyl (C=O) groups is 2. The van der Waals surface area contributed by atoms with Crippen molar-refractivity contribution in [1.29, 1.82) is 0 Å². The summed E-state index contributed by atoms with van der Waals surface area (Å²) in [5.41, 5.74) is 4.66. The molecular formula is C31H50N2O8. The minimum absolute atomic E-state index is 0.0120. The number of cyclic esters (lactones) is 1. The molecule has 0 aromatic carbocycles. The van der Waals surface area contributed by atoms with Crippen LogP contribution in [0.4, 0.5) is 0 Å². The maximum absolute atomic E-state index is 12.4. The molecule has 1 unspecified atom stereocenters. The molecule has 5 rings (SSSR count). The normalized spacial score (nSPS) is 41.7. The molecule has 10 nitrogen and oxygen atoms in total. The number of nitrogens with two attached hydrogens (primary N) is 1. The fraction of sp³-hybridized carbons (Fsp3) is 0.871. The van der Waals surface area contributed by atoms with Gasteiger partial charge in [0.15, 0.2) is 0 Å². The Hall–Kier alpha value is -1.56. The Morgan fingerprint density at radius 2 is 1.85 bits per heavy atom. The molecule has 0 bridgehead atoms. The molecule has 4 aliphatic carbocycles. The summed E-state index contributed by atoms with van der Waals surface area (Å²) in [5, 5.41) is 26.9. The number of aliphatic hydroxyl groups is 2. The highest BCUT2D eigenvalue weighted by molar-refractivity contribution is 5.85. The number of carbonyl (C=O) groups excluding carboxylic acids is 2. The van der Waals surface area contributed by atoms with Crippen LogP contribution in [0, 0.1) is 34.5 Å². The number of hydrogen-bond acceptors (Lipinski definition) is 9. The van der Waals surface area contributed by atoms with E-state index in [0.29, 0.717) is 58.3 Å². The molecule has 41 heavy (non-hydrogen) atoms. The predicted molar refractivity (Wildman–Crippen MR) is 151 cm³/mol. The first-order valence-corrected chi connectivity index (χ1v) is 15.6. The lowest BCUT2D eigenvalue weighted by molar-refractivity contribution is -0.245. The maximum atomic E-state index is 12.4. The first-order valence-electron chi connectivity index (χ1n) is 15.6. The standard InChI is InChI=1S/C31H50N2O8/c1-29-7-5-22(40-19-27(35)33-10-12-39-14-13-38-11-9-32)16-21(29)3-4-24-25(29)17-26(34)30(2)23(6-8-31(24,30)37)20-15-28(36)41-18-20/h15,21-26,34,37H,3-14,16-19,32H2,1-2H3,(H,33,35)/t21-,22+,23-,24?,25-,26-,29+,30+,31+/m1/s1. The highest BCUT2D eigenvalue weighted by Crippen LogP contribution is 2.70. The third kappa shape index (κ3) is 5.72. The Kier molecular flexibility index (Phi) is 9.48. The number of hydrogen-bond donors (Lipinski definition) is 4. The molecule has 1 amide bonds. The van der Waals surface area contributed by atoms with Crippen molar-refractivity contribution >= 4 is 11.9 Å². The van der Waals surface area contributed by atoms with Gasteiger partial charge < -0.3 is 40.2 Å². The molecule has 5 aliphatic rings. The predicted octanol–water partition coefficient (Wildman–Crippen LogP) is 1.71. The summed E-state index contributed by atoms with van der Waals surface area (Å²) < 4.78 is 22.0. The summed E-state index contributed by atoms with van der Waals surface area (Å²) in [6.45, 7) is 7.54. The van der Waals surface area contributed by atoms with E-state index < -0.39 is 17.1 Å². The van der Waals surface area contributed by atoms with Crippen LogP contribution in [0.1, 0.15) is 65.2 Å². The van der Waals surface area contributed by atoms with Crippen LogP contribution < -0.4 is 11.1 Å². The van der Waals surface area contributed by atoms with Crippen LogP contribution in [0.5, 0.6) is 0 Å². The molecular weight excluding hydrogens is 528 g/mol. The second kappa shape index (κ2) is 12.6. The Morgan fingerprint density at radius 3 is 2.59 bits per heavy atom. The van der Waals surface area contributed by atoms with Crippen LogP contribution in [0.15, 0.2) is 11.6 Å². The minimum Gasteiger partial charge on any atom is -0.458 e. The van der Waals surface area contributed by atoms with Crippen molar-refractivity contribution in [1.82, 2.24) is 5.32 Å². The summed E-state index contributed by atoms with van der Waals surface area (Å²) in [6, 6.07) is 0. The Labute approximate surface area is 243 Å². The van der Waals surface area contributed by atoms with E-state index in [9.17, 15) is 19.8 Å². The van der Waals surface area contributed by atoms with Crippen molar-refractivity contribution in [2.24, 2.45) is 40.2 Å². The largest absolute Gasteiger partial charge is 0.458 e. The zero-order chi connectivity index (χ0) is 29.3. The molecule has 0 spiro atoms. The van der Waals surface area contributed by atoms with Gasteiger partial charge in [0, 0.05) is 24.6 Å². The number of aliphatic hydroxyl groups excluding tert-OH is 1. The number of esters is 1. The molecule has 5 N–H and O–H groups in total. The molecule has 0 aromatic rings. The fourth-order valence-electron chi connectivity index (χ4n) is 9.41. The van der Waals surface area contributed by atoms with Gasteiger partial charge in [0.05, 0.1) is 44.2 Å². The molecule has 0 radical (unpaired) electrons. The maximum Gasteiger partial charge on any atom is 0.331 e. The number of ether oxygens (including phenoxy) is 4. The third-order valence-corrected chi connectivity index (χ3v) is 11.7. The van der Waals surface area contributed by atoms with E-state index in [0.717, 1.165) is 44.1 Å². The first kappa shape index (κ1) is 30.9. The van der Waals surface area contributed by atoms with Crippen LogP contribution in [0.3, 0.4) is 0 Å². The number of nitrogens with one attached hydrogen (secondary N) is 1. The van der Waals surface area contributed by atoms with Crippen molar-refractivity contribution < 1.29 is 38.7 Å². The van der Waals surface area contributed by atoms with Gasteiger partial charge in [0.2, 0.25) is 5.91 Å². The molecule has 1 heterocycles. The molecule has 9 atom stereocenters. The number of amides is 1. The summed E-state index contributed by atoms with van der Waals surface area (Å²) >= 11 is 0.